The van der Waals surface area contributed by atoms with Gasteiger partial charge in [0.15, 0.2) is 0 Å². The van der Waals surface area contributed by atoms with Crippen molar-refractivity contribution in [3.63, 3.8) is 0 Å². The summed E-state index contributed by atoms with van der Waals surface area (Å²) in [6, 6.07) is 17.4. The number of halogens is 1. The summed E-state index contributed by atoms with van der Waals surface area (Å²) < 4.78 is 1.95. The van der Waals surface area contributed by atoms with Gasteiger partial charge in [-0.2, -0.15) is 5.10 Å². The lowest BCUT2D eigenvalue weighted by atomic mass is 9.97. The summed E-state index contributed by atoms with van der Waals surface area (Å²) in [5.41, 5.74) is 7.30. The first-order chi connectivity index (χ1) is 26.5. The number of anilines is 1. The Kier molecular flexibility index (Phi) is 9.48. The van der Waals surface area contributed by atoms with Crippen LogP contribution in [-0.4, -0.2) is 106 Å². The molecule has 0 bridgehead atoms. The number of piperidine rings is 1. The van der Waals surface area contributed by atoms with Crippen LogP contribution in [0.2, 0.25) is 5.02 Å². The standard InChI is InChI=1S/C41H39ClN8O5/c1-24-25(2)49(45-37(24)29-8-11-34(43-3)33(42)18-29)23-26-4-6-28(7-5-26)39(53)47-16-14-46(15-17-47)20-27-21-48(22-27)30-9-10-31-32(19-30)41(55)50(40(31)54)35-12-13-36(51)44-38(35)52/h4-11,18-19,27,35H,12-17,20-23H2,1-2H3,(H,44,51,52). The third-order valence-corrected chi connectivity index (χ3v) is 11.6. The van der Waals surface area contributed by atoms with E-state index in [0.717, 1.165) is 71.4 Å². The van der Waals surface area contributed by atoms with E-state index in [1.54, 1.807) is 24.3 Å². The molecule has 5 amide bonds. The van der Waals surface area contributed by atoms with Crippen LogP contribution in [0.4, 0.5) is 11.4 Å². The summed E-state index contributed by atoms with van der Waals surface area (Å²) in [5, 5.41) is 7.49. The molecule has 1 atom stereocenters. The van der Waals surface area contributed by atoms with Gasteiger partial charge in [-0.3, -0.25) is 43.8 Å². The van der Waals surface area contributed by atoms with E-state index in [4.69, 9.17) is 23.3 Å². The van der Waals surface area contributed by atoms with Crippen LogP contribution in [0.3, 0.4) is 0 Å². The summed E-state index contributed by atoms with van der Waals surface area (Å²) in [4.78, 5) is 74.6. The maximum Gasteiger partial charge on any atom is 0.262 e. The van der Waals surface area contributed by atoms with Gasteiger partial charge in [-0.1, -0.05) is 35.9 Å². The Morgan fingerprint density at radius 2 is 1.65 bits per heavy atom. The molecule has 55 heavy (non-hydrogen) atoms. The van der Waals surface area contributed by atoms with E-state index in [1.807, 2.05) is 59.8 Å². The lowest BCUT2D eigenvalue weighted by molar-refractivity contribution is -0.136. The van der Waals surface area contributed by atoms with Gasteiger partial charge in [-0.05, 0) is 67.8 Å². The van der Waals surface area contributed by atoms with Gasteiger partial charge in [0.2, 0.25) is 17.5 Å². The van der Waals surface area contributed by atoms with E-state index >= 15 is 0 Å². The van der Waals surface area contributed by atoms with E-state index in [0.29, 0.717) is 41.8 Å². The van der Waals surface area contributed by atoms with Gasteiger partial charge in [0.05, 0.1) is 29.9 Å². The van der Waals surface area contributed by atoms with Crippen molar-refractivity contribution in [2.24, 2.45) is 5.92 Å². The molecular formula is C41H39ClN8O5. The van der Waals surface area contributed by atoms with Gasteiger partial charge >= 0.3 is 0 Å². The van der Waals surface area contributed by atoms with Crippen molar-refractivity contribution >= 4 is 52.5 Å². The molecule has 0 aliphatic carbocycles. The average molecular weight is 759 g/mol. The number of benzene rings is 3. The highest BCUT2D eigenvalue weighted by Gasteiger charge is 2.45. The molecule has 0 spiro atoms. The highest BCUT2D eigenvalue weighted by molar-refractivity contribution is 6.33. The van der Waals surface area contributed by atoms with Crippen LogP contribution in [0.5, 0.6) is 0 Å². The van der Waals surface area contributed by atoms with Crippen molar-refractivity contribution in [1.82, 2.24) is 29.8 Å². The lowest BCUT2D eigenvalue weighted by Gasteiger charge is -2.45. The molecule has 3 aromatic carbocycles. The summed E-state index contributed by atoms with van der Waals surface area (Å²) in [6.07, 6.45) is 0.210. The first kappa shape index (κ1) is 36.2. The zero-order valence-electron chi connectivity index (χ0n) is 30.5. The Morgan fingerprint density at radius 1 is 0.927 bits per heavy atom. The molecule has 3 fully saturated rings. The monoisotopic (exact) mass is 758 g/mol. The second-order valence-electron chi connectivity index (χ2n) is 14.7. The fraction of sp³-hybridized carbons (Fsp3) is 0.341. The van der Waals surface area contributed by atoms with E-state index in [-0.39, 0.29) is 29.9 Å². The molecule has 0 radical (unpaired) electrons. The van der Waals surface area contributed by atoms with Gasteiger partial charge in [-0.25, -0.2) is 4.85 Å². The molecular weight excluding hydrogens is 720 g/mol. The summed E-state index contributed by atoms with van der Waals surface area (Å²) in [6.45, 7) is 17.3. The molecule has 0 saturated carbocycles. The predicted octanol–water partition coefficient (Wildman–Crippen LogP) is 4.71. The molecule has 14 heteroatoms. The van der Waals surface area contributed by atoms with Gasteiger partial charge < -0.3 is 9.80 Å². The smallest absolute Gasteiger partial charge is 0.262 e. The number of nitrogens with one attached hydrogen (secondary N) is 1. The van der Waals surface area contributed by atoms with Crippen molar-refractivity contribution in [3.05, 3.63) is 111 Å². The SMILES string of the molecule is [C-]#[N+]c1ccc(-c2nn(Cc3ccc(C(=O)N4CCN(CC5CN(c6ccc7c(c6)C(=O)N(C6CCC(=O)NC6=O)C7=O)C5)CC4)cc3)c(C)c2C)cc1Cl. The second-order valence-corrected chi connectivity index (χ2v) is 15.1. The molecule has 4 aromatic rings. The number of amides is 5. The molecule has 13 nitrogen and oxygen atoms in total. The minimum Gasteiger partial charge on any atom is -0.371 e. The maximum atomic E-state index is 13.4. The zero-order valence-corrected chi connectivity index (χ0v) is 31.3. The normalized spacial score (nSPS) is 19.0. The van der Waals surface area contributed by atoms with Gasteiger partial charge in [-0.15, -0.1) is 0 Å². The highest BCUT2D eigenvalue weighted by atomic mass is 35.5. The van der Waals surface area contributed by atoms with Crippen LogP contribution in [0, 0.1) is 26.3 Å². The Labute approximate surface area is 323 Å². The van der Waals surface area contributed by atoms with Crippen LogP contribution in [0.1, 0.15) is 60.7 Å². The minimum atomic E-state index is -0.982. The topological polar surface area (TPSA) is 133 Å². The summed E-state index contributed by atoms with van der Waals surface area (Å²) in [5.74, 6) is -1.57. The molecule has 1 N–H and O–H groups in total. The van der Waals surface area contributed by atoms with Crippen molar-refractivity contribution in [3.8, 4) is 11.3 Å². The van der Waals surface area contributed by atoms with Crippen LogP contribution >= 0.6 is 11.6 Å². The number of hydrogen-bond donors (Lipinski definition) is 1. The van der Waals surface area contributed by atoms with Gasteiger partial charge in [0, 0.05) is 85.7 Å². The minimum absolute atomic E-state index is 0.0231. The molecule has 280 valence electrons. The fourth-order valence-corrected chi connectivity index (χ4v) is 8.19. The second kappa shape index (κ2) is 14.4. The zero-order chi connectivity index (χ0) is 38.5. The van der Waals surface area contributed by atoms with Crippen molar-refractivity contribution in [1.29, 1.82) is 0 Å². The van der Waals surface area contributed by atoms with Crippen LogP contribution in [-0.2, 0) is 16.1 Å². The Hall–Kier alpha value is -5.84. The quantitative estimate of drug-likeness (QED) is 0.202. The Balaban J connectivity index is 0.811. The molecule has 4 aliphatic heterocycles. The van der Waals surface area contributed by atoms with Crippen molar-refractivity contribution in [2.45, 2.75) is 39.3 Å². The molecule has 4 aliphatic rings. The number of aromatic nitrogens is 2. The van der Waals surface area contributed by atoms with Crippen molar-refractivity contribution in [2.75, 3.05) is 50.7 Å². The molecule has 1 unspecified atom stereocenters. The summed E-state index contributed by atoms with van der Waals surface area (Å²) >= 11 is 6.30. The number of piperazine rings is 1. The number of hydrogen-bond acceptors (Lipinski definition) is 8. The number of carbonyl (C=O) groups is 5. The number of nitrogens with zero attached hydrogens (tertiary/aromatic N) is 7. The van der Waals surface area contributed by atoms with E-state index in [1.165, 1.54) is 0 Å². The number of carbonyl (C=O) groups excluding carboxylic acids is 5. The van der Waals surface area contributed by atoms with Gasteiger partial charge in [0.1, 0.15) is 6.04 Å². The number of fused-ring (bicyclic) bond motifs is 1. The van der Waals surface area contributed by atoms with Crippen LogP contribution in [0.15, 0.2) is 60.7 Å². The summed E-state index contributed by atoms with van der Waals surface area (Å²) in [7, 11) is 0. The largest absolute Gasteiger partial charge is 0.371 e. The van der Waals surface area contributed by atoms with Crippen molar-refractivity contribution < 1.29 is 24.0 Å². The maximum absolute atomic E-state index is 13.4. The first-order valence-electron chi connectivity index (χ1n) is 18.4. The number of imide groups is 2. The molecule has 5 heterocycles. The van der Waals surface area contributed by atoms with E-state index in [2.05, 4.69) is 20.0 Å². The Bertz CT molecular complexity index is 2300. The van der Waals surface area contributed by atoms with Gasteiger partial charge in [0.25, 0.3) is 17.7 Å². The average Bonchev–Trinajstić information content (AvgIpc) is 3.59. The third kappa shape index (κ3) is 6.77. The molecule has 1 aromatic heterocycles. The number of rotatable bonds is 8. The molecule has 3 saturated heterocycles. The highest BCUT2D eigenvalue weighted by Crippen LogP contribution is 2.34. The predicted molar refractivity (Wildman–Crippen MR) is 205 cm³/mol. The van der Waals surface area contributed by atoms with Crippen LogP contribution < -0.4 is 10.2 Å². The first-order valence-corrected chi connectivity index (χ1v) is 18.8. The van der Waals surface area contributed by atoms with E-state index in [9.17, 15) is 24.0 Å². The molecule has 8 rings (SSSR count). The fourth-order valence-electron chi connectivity index (χ4n) is 7.97. The Morgan fingerprint density at radius 3 is 2.35 bits per heavy atom. The lowest BCUT2D eigenvalue weighted by Crippen LogP contribution is -2.55. The van der Waals surface area contributed by atoms with E-state index < -0.39 is 29.7 Å². The van der Waals surface area contributed by atoms with Crippen LogP contribution in [0.25, 0.3) is 16.1 Å². The third-order valence-electron chi connectivity index (χ3n) is 11.3.